The lowest BCUT2D eigenvalue weighted by Crippen LogP contribution is -2.32. The number of benzene rings is 3. The van der Waals surface area contributed by atoms with E-state index in [1.807, 2.05) is 0 Å². The first-order valence-corrected chi connectivity index (χ1v) is 12.5. The van der Waals surface area contributed by atoms with Crippen molar-refractivity contribution in [1.29, 1.82) is 0 Å². The largest absolute Gasteiger partial charge is 0.465 e. The van der Waals surface area contributed by atoms with E-state index in [9.17, 15) is 24.0 Å². The van der Waals surface area contributed by atoms with E-state index >= 15 is 0 Å². The quantitative estimate of drug-likeness (QED) is 0.292. The summed E-state index contributed by atoms with van der Waals surface area (Å²) in [4.78, 5) is 63.4. The van der Waals surface area contributed by atoms with Crippen molar-refractivity contribution in [3.63, 3.8) is 0 Å². The van der Waals surface area contributed by atoms with Gasteiger partial charge in [0.25, 0.3) is 11.8 Å². The fourth-order valence-corrected chi connectivity index (χ4v) is 4.16. The van der Waals surface area contributed by atoms with Gasteiger partial charge in [-0.3, -0.25) is 14.4 Å². The van der Waals surface area contributed by atoms with E-state index in [1.165, 1.54) is 31.4 Å². The predicted octanol–water partition coefficient (Wildman–Crippen LogP) is 4.27. The molecule has 1 aliphatic rings. The minimum Gasteiger partial charge on any atom is -0.465 e. The van der Waals surface area contributed by atoms with E-state index in [2.05, 4.69) is 10.6 Å². The number of amides is 3. The molecule has 0 unspecified atom stereocenters. The molecule has 4 rings (SSSR count). The molecule has 0 aromatic heterocycles. The van der Waals surface area contributed by atoms with Gasteiger partial charge < -0.3 is 20.1 Å². The molecule has 1 aliphatic heterocycles. The maximum Gasteiger partial charge on any atom is 0.340 e. The Balaban J connectivity index is 1.43. The number of hydrogen-bond acceptors (Lipinski definition) is 8. The van der Waals surface area contributed by atoms with Gasteiger partial charge in [0.1, 0.15) is 10.7 Å². The van der Waals surface area contributed by atoms with Gasteiger partial charge >= 0.3 is 11.9 Å². The van der Waals surface area contributed by atoms with Crippen LogP contribution in [0.1, 0.15) is 33.2 Å². The Labute approximate surface area is 234 Å². The zero-order valence-corrected chi connectivity index (χ0v) is 22.3. The number of rotatable bonds is 9. The number of esters is 2. The topological polar surface area (TPSA) is 131 Å². The van der Waals surface area contributed by atoms with Crippen LogP contribution in [0.15, 0.2) is 83.5 Å². The van der Waals surface area contributed by atoms with Crippen molar-refractivity contribution in [2.24, 2.45) is 0 Å². The van der Waals surface area contributed by atoms with Crippen molar-refractivity contribution >= 4 is 58.3 Å². The van der Waals surface area contributed by atoms with Gasteiger partial charge in [0.2, 0.25) is 5.91 Å². The molecule has 0 bridgehead atoms. The summed E-state index contributed by atoms with van der Waals surface area (Å²) in [6, 6.07) is 19.0. The SMILES string of the molecule is CCOC(=O)c1ccccc1NC(=O)Cc1ccc(NC2=C(Cl)C(=O)N(c3cccc(C(=O)OC)c3)C2=O)cc1. The van der Waals surface area contributed by atoms with Crippen LogP contribution in [0.3, 0.4) is 0 Å². The van der Waals surface area contributed by atoms with Gasteiger partial charge in [-0.2, -0.15) is 0 Å². The number of halogens is 1. The summed E-state index contributed by atoms with van der Waals surface area (Å²) in [5, 5.41) is 5.28. The molecule has 0 saturated carbocycles. The van der Waals surface area contributed by atoms with Gasteiger partial charge in [0, 0.05) is 5.69 Å². The smallest absolute Gasteiger partial charge is 0.340 e. The standard InChI is InChI=1S/C29H24ClN3O7/c1-3-40-29(38)21-9-4-5-10-22(21)32-23(34)15-17-11-13-19(14-12-17)31-25-24(30)26(35)33(27(25)36)20-8-6-7-18(16-20)28(37)39-2/h4-14,16,31H,3,15H2,1-2H3,(H,32,34). The Morgan fingerprint density at radius 1 is 0.900 bits per heavy atom. The first-order chi connectivity index (χ1) is 19.2. The third-order valence-corrected chi connectivity index (χ3v) is 6.19. The molecule has 3 amide bonds. The van der Waals surface area contributed by atoms with E-state index in [-0.39, 0.29) is 46.5 Å². The summed E-state index contributed by atoms with van der Waals surface area (Å²) >= 11 is 6.21. The number of methoxy groups -OCH3 is 1. The van der Waals surface area contributed by atoms with Gasteiger partial charge in [-0.15, -0.1) is 0 Å². The molecule has 2 N–H and O–H groups in total. The Bertz CT molecular complexity index is 1530. The highest BCUT2D eigenvalue weighted by atomic mass is 35.5. The van der Waals surface area contributed by atoms with Gasteiger partial charge in [-0.1, -0.05) is 41.9 Å². The van der Waals surface area contributed by atoms with E-state index in [0.29, 0.717) is 16.9 Å². The molecular weight excluding hydrogens is 538 g/mol. The predicted molar refractivity (Wildman–Crippen MR) is 148 cm³/mol. The lowest BCUT2D eigenvalue weighted by molar-refractivity contribution is -0.120. The lowest BCUT2D eigenvalue weighted by atomic mass is 10.1. The van der Waals surface area contributed by atoms with Crippen LogP contribution < -0.4 is 15.5 Å². The molecule has 3 aromatic carbocycles. The van der Waals surface area contributed by atoms with Crippen molar-refractivity contribution in [3.05, 3.63) is 100 Å². The van der Waals surface area contributed by atoms with E-state index in [1.54, 1.807) is 55.5 Å². The monoisotopic (exact) mass is 561 g/mol. The summed E-state index contributed by atoms with van der Waals surface area (Å²) in [6.45, 7) is 1.91. The summed E-state index contributed by atoms with van der Waals surface area (Å²) < 4.78 is 9.73. The normalized spacial score (nSPS) is 12.8. The number of carbonyl (C=O) groups is 5. The Morgan fingerprint density at radius 2 is 1.62 bits per heavy atom. The van der Waals surface area contributed by atoms with Crippen molar-refractivity contribution in [2.75, 3.05) is 29.3 Å². The van der Waals surface area contributed by atoms with Crippen LogP contribution in [-0.2, 0) is 30.3 Å². The molecule has 0 radical (unpaired) electrons. The van der Waals surface area contributed by atoms with Gasteiger partial charge in [-0.05, 0) is 55.0 Å². The number of carbonyl (C=O) groups excluding carboxylic acids is 5. The number of anilines is 3. The zero-order valence-electron chi connectivity index (χ0n) is 21.5. The van der Waals surface area contributed by atoms with Crippen molar-refractivity contribution < 1.29 is 33.4 Å². The molecule has 40 heavy (non-hydrogen) atoms. The Morgan fingerprint density at radius 3 is 2.33 bits per heavy atom. The Hall–Kier alpha value is -4.96. The highest BCUT2D eigenvalue weighted by molar-refractivity contribution is 6.53. The molecule has 204 valence electrons. The minimum absolute atomic E-state index is 0.0165. The van der Waals surface area contributed by atoms with Crippen LogP contribution in [0.25, 0.3) is 0 Å². The maximum absolute atomic E-state index is 13.1. The molecular formula is C29H24ClN3O7. The van der Waals surface area contributed by atoms with Crippen LogP contribution in [0.5, 0.6) is 0 Å². The third kappa shape index (κ3) is 6.02. The number of hydrogen-bond donors (Lipinski definition) is 2. The molecule has 0 saturated heterocycles. The number of para-hydroxylation sites is 1. The summed E-state index contributed by atoms with van der Waals surface area (Å²) in [5.74, 6) is -2.93. The third-order valence-electron chi connectivity index (χ3n) is 5.84. The first kappa shape index (κ1) is 28.1. The van der Waals surface area contributed by atoms with Crippen LogP contribution in [0.4, 0.5) is 17.1 Å². The van der Waals surface area contributed by atoms with Crippen LogP contribution in [-0.4, -0.2) is 43.4 Å². The van der Waals surface area contributed by atoms with E-state index in [0.717, 1.165) is 4.90 Å². The van der Waals surface area contributed by atoms with Gasteiger partial charge in [0.15, 0.2) is 0 Å². The Kier molecular flexibility index (Phi) is 8.60. The lowest BCUT2D eigenvalue weighted by Gasteiger charge is -2.16. The molecule has 0 atom stereocenters. The first-order valence-electron chi connectivity index (χ1n) is 12.1. The molecule has 10 nitrogen and oxygen atoms in total. The van der Waals surface area contributed by atoms with Crippen molar-refractivity contribution in [2.45, 2.75) is 13.3 Å². The number of nitrogens with zero attached hydrogens (tertiary/aromatic N) is 1. The number of ether oxygens (including phenoxy) is 2. The van der Waals surface area contributed by atoms with Crippen molar-refractivity contribution in [1.82, 2.24) is 0 Å². The van der Waals surface area contributed by atoms with E-state index < -0.39 is 23.8 Å². The summed E-state index contributed by atoms with van der Waals surface area (Å²) in [5.41, 5.74) is 1.92. The van der Waals surface area contributed by atoms with E-state index in [4.69, 9.17) is 21.1 Å². The molecule has 11 heteroatoms. The second kappa shape index (κ2) is 12.3. The summed E-state index contributed by atoms with van der Waals surface area (Å²) in [7, 11) is 1.23. The number of nitrogens with one attached hydrogen (secondary N) is 2. The highest BCUT2D eigenvalue weighted by Gasteiger charge is 2.39. The van der Waals surface area contributed by atoms with Gasteiger partial charge in [0.05, 0.1) is 42.6 Å². The fraction of sp³-hybridized carbons (Fsp3) is 0.138. The molecule has 1 heterocycles. The highest BCUT2D eigenvalue weighted by Crippen LogP contribution is 2.31. The van der Waals surface area contributed by atoms with Crippen LogP contribution in [0.2, 0.25) is 0 Å². The second-order valence-electron chi connectivity index (χ2n) is 8.49. The number of imide groups is 1. The van der Waals surface area contributed by atoms with Crippen LogP contribution in [0, 0.1) is 0 Å². The summed E-state index contributed by atoms with van der Waals surface area (Å²) in [6.07, 6.45) is 0.0165. The molecule has 0 aliphatic carbocycles. The average molecular weight is 562 g/mol. The average Bonchev–Trinajstić information content (AvgIpc) is 3.16. The molecule has 0 fully saturated rings. The second-order valence-corrected chi connectivity index (χ2v) is 8.87. The molecule has 0 spiro atoms. The van der Waals surface area contributed by atoms with Crippen LogP contribution >= 0.6 is 11.6 Å². The molecule has 3 aromatic rings. The van der Waals surface area contributed by atoms with Crippen molar-refractivity contribution in [3.8, 4) is 0 Å². The maximum atomic E-state index is 13.1. The fourth-order valence-electron chi connectivity index (χ4n) is 3.94. The van der Waals surface area contributed by atoms with Gasteiger partial charge in [-0.25, -0.2) is 14.5 Å². The zero-order chi connectivity index (χ0) is 28.8. The minimum atomic E-state index is -0.743.